The number of rotatable bonds is 7. The summed E-state index contributed by atoms with van der Waals surface area (Å²) in [6.07, 6.45) is 5.28. The van der Waals surface area contributed by atoms with Gasteiger partial charge in [0.25, 0.3) is 0 Å². The molecule has 35 heavy (non-hydrogen) atoms. The van der Waals surface area contributed by atoms with Crippen molar-refractivity contribution in [2.24, 2.45) is 11.8 Å². The third-order valence-corrected chi connectivity index (χ3v) is 7.39. The number of carboxylic acids is 1. The second kappa shape index (κ2) is 9.33. The molecule has 0 spiro atoms. The van der Waals surface area contributed by atoms with Gasteiger partial charge in [-0.15, -0.1) is 0 Å². The van der Waals surface area contributed by atoms with Crippen LogP contribution in [0.25, 0.3) is 11.1 Å². The first-order valence-electron chi connectivity index (χ1n) is 12.2. The number of hydrogen-bond acceptors (Lipinski definition) is 4. The number of benzene rings is 2. The first-order chi connectivity index (χ1) is 16.9. The molecule has 0 bridgehead atoms. The lowest BCUT2D eigenvalue weighted by Crippen LogP contribution is -2.22. The minimum absolute atomic E-state index is 0.00122. The Kier molecular flexibility index (Phi) is 6.22. The number of aromatic nitrogens is 1. The van der Waals surface area contributed by atoms with E-state index in [4.69, 9.17) is 9.47 Å². The molecule has 2 heterocycles. The molecule has 1 unspecified atom stereocenters. The number of halogens is 1. The van der Waals surface area contributed by atoms with E-state index in [2.05, 4.69) is 17.1 Å². The Labute approximate surface area is 204 Å². The molecular weight excluding hydrogens is 445 g/mol. The van der Waals surface area contributed by atoms with Crippen molar-refractivity contribution in [1.82, 2.24) is 4.98 Å². The molecule has 1 saturated carbocycles. The van der Waals surface area contributed by atoms with E-state index < -0.39 is 11.9 Å². The maximum Gasteiger partial charge on any atom is 0.306 e. The van der Waals surface area contributed by atoms with Gasteiger partial charge < -0.3 is 14.6 Å². The van der Waals surface area contributed by atoms with Crippen LogP contribution in [0.2, 0.25) is 0 Å². The Balaban J connectivity index is 1.41. The summed E-state index contributed by atoms with van der Waals surface area (Å²) in [6, 6.07) is 12.8. The van der Waals surface area contributed by atoms with Crippen LogP contribution in [-0.2, 0) is 11.2 Å². The molecule has 1 fully saturated rings. The number of nitrogens with zero attached hydrogens (tertiary/aromatic N) is 1. The van der Waals surface area contributed by atoms with Gasteiger partial charge in [0.1, 0.15) is 23.4 Å². The molecule has 2 aromatic carbocycles. The zero-order valence-corrected chi connectivity index (χ0v) is 20.3. The minimum atomic E-state index is -0.759. The fourth-order valence-electron chi connectivity index (χ4n) is 5.29. The van der Waals surface area contributed by atoms with E-state index in [1.807, 2.05) is 19.1 Å². The molecule has 1 aromatic heterocycles. The van der Waals surface area contributed by atoms with Gasteiger partial charge in [0.15, 0.2) is 0 Å². The summed E-state index contributed by atoms with van der Waals surface area (Å²) in [4.78, 5) is 16.4. The summed E-state index contributed by atoms with van der Waals surface area (Å²) in [7, 11) is 1.56. The predicted molar refractivity (Wildman–Crippen MR) is 131 cm³/mol. The molecular formula is C29H30FNO4. The topological polar surface area (TPSA) is 68.7 Å². The lowest BCUT2D eigenvalue weighted by Gasteiger charge is -2.29. The monoisotopic (exact) mass is 475 g/mol. The molecule has 182 valence electrons. The molecule has 1 aliphatic heterocycles. The lowest BCUT2D eigenvalue weighted by atomic mass is 9.82. The fourth-order valence-corrected chi connectivity index (χ4v) is 5.29. The molecule has 3 aromatic rings. The number of aryl methyl sites for hydroxylation is 2. The van der Waals surface area contributed by atoms with E-state index in [1.165, 1.54) is 6.07 Å². The first-order valence-corrected chi connectivity index (χ1v) is 12.2. The number of carbonyl (C=O) groups is 1. The second-order valence-corrected chi connectivity index (χ2v) is 9.77. The number of methoxy groups -OCH3 is 1. The third-order valence-electron chi connectivity index (χ3n) is 7.39. The van der Waals surface area contributed by atoms with Gasteiger partial charge in [-0.05, 0) is 91.5 Å². The number of fused-ring (bicyclic) bond motifs is 1. The Bertz CT molecular complexity index is 1270. The molecule has 0 radical (unpaired) electrons. The highest BCUT2D eigenvalue weighted by molar-refractivity contribution is 5.71. The second-order valence-electron chi connectivity index (χ2n) is 9.77. The molecule has 3 atom stereocenters. The Morgan fingerprint density at radius 3 is 2.66 bits per heavy atom. The van der Waals surface area contributed by atoms with E-state index in [-0.39, 0.29) is 17.8 Å². The van der Waals surface area contributed by atoms with Gasteiger partial charge in [-0.3, -0.25) is 9.78 Å². The molecule has 1 N–H and O–H groups in total. The zero-order chi connectivity index (χ0) is 24.7. The Hall–Kier alpha value is -3.41. The SMILES string of the molecule is COc1ccc(F)c(-c2cnc(C3CCc4ccc([C@H](C5CC5)[C@H](C)C(=O)O)cc4O3)c(C)c2)c1. The number of ether oxygens (including phenoxy) is 2. The van der Waals surface area contributed by atoms with E-state index in [0.717, 1.165) is 53.8 Å². The third kappa shape index (κ3) is 4.62. The van der Waals surface area contributed by atoms with Crippen LogP contribution in [0, 0.1) is 24.6 Å². The standard InChI is InChI=1S/C29H30FNO4/c1-16-12-21(23-14-22(34-3)9-10-24(23)30)15-31-28(16)25-11-8-18-4-7-20(13-26(18)35-25)27(19-5-6-19)17(2)29(32)33/h4,7,9-10,12-15,17,19,25,27H,5-6,8,11H2,1-3H3,(H,32,33)/t17-,25?,27-/m0/s1. The van der Waals surface area contributed by atoms with Crippen LogP contribution >= 0.6 is 0 Å². The molecule has 5 rings (SSSR count). The van der Waals surface area contributed by atoms with Gasteiger partial charge in [-0.2, -0.15) is 0 Å². The summed E-state index contributed by atoms with van der Waals surface area (Å²) in [5.74, 6) is 0.305. The highest BCUT2D eigenvalue weighted by Gasteiger charge is 2.39. The smallest absolute Gasteiger partial charge is 0.306 e. The Morgan fingerprint density at radius 2 is 1.97 bits per heavy atom. The summed E-state index contributed by atoms with van der Waals surface area (Å²) in [6.45, 7) is 3.77. The Morgan fingerprint density at radius 1 is 1.17 bits per heavy atom. The molecule has 6 heteroatoms. The van der Waals surface area contributed by atoms with Gasteiger partial charge in [0, 0.05) is 17.3 Å². The minimum Gasteiger partial charge on any atom is -0.497 e. The first kappa shape index (κ1) is 23.3. The quantitative estimate of drug-likeness (QED) is 0.423. The summed E-state index contributed by atoms with van der Waals surface area (Å²) in [5.41, 5.74) is 5.09. The molecule has 5 nitrogen and oxygen atoms in total. The van der Waals surface area contributed by atoms with Crippen LogP contribution in [0.3, 0.4) is 0 Å². The van der Waals surface area contributed by atoms with Crippen LogP contribution in [0.5, 0.6) is 11.5 Å². The highest BCUT2D eigenvalue weighted by atomic mass is 19.1. The van der Waals surface area contributed by atoms with Crippen molar-refractivity contribution in [3.63, 3.8) is 0 Å². The number of hydrogen-bond donors (Lipinski definition) is 1. The van der Waals surface area contributed by atoms with Crippen molar-refractivity contribution < 1.29 is 23.8 Å². The van der Waals surface area contributed by atoms with E-state index >= 15 is 0 Å². The number of aliphatic carboxylic acids is 1. The largest absolute Gasteiger partial charge is 0.497 e. The maximum atomic E-state index is 14.5. The van der Waals surface area contributed by atoms with Crippen molar-refractivity contribution >= 4 is 5.97 Å². The fraction of sp³-hybridized carbons (Fsp3) is 0.379. The van der Waals surface area contributed by atoms with Gasteiger partial charge in [0.2, 0.25) is 0 Å². The molecule has 1 aliphatic carbocycles. The van der Waals surface area contributed by atoms with Crippen molar-refractivity contribution in [2.75, 3.05) is 7.11 Å². The number of pyridine rings is 1. The maximum absolute atomic E-state index is 14.5. The lowest BCUT2D eigenvalue weighted by molar-refractivity contribution is -0.142. The van der Waals surface area contributed by atoms with Crippen LogP contribution < -0.4 is 9.47 Å². The van der Waals surface area contributed by atoms with Crippen LogP contribution in [-0.4, -0.2) is 23.2 Å². The van der Waals surface area contributed by atoms with Crippen LogP contribution in [0.4, 0.5) is 4.39 Å². The summed E-state index contributed by atoms with van der Waals surface area (Å²) < 4.78 is 26.1. The van der Waals surface area contributed by atoms with Gasteiger partial charge in [-0.25, -0.2) is 4.39 Å². The average molecular weight is 476 g/mol. The van der Waals surface area contributed by atoms with Gasteiger partial charge in [-0.1, -0.05) is 19.1 Å². The van der Waals surface area contributed by atoms with Crippen molar-refractivity contribution in [1.29, 1.82) is 0 Å². The van der Waals surface area contributed by atoms with Crippen LogP contribution in [0.15, 0.2) is 48.7 Å². The molecule has 0 saturated heterocycles. The predicted octanol–water partition coefficient (Wildman–Crippen LogP) is 6.49. The van der Waals surface area contributed by atoms with Gasteiger partial charge >= 0.3 is 5.97 Å². The highest BCUT2D eigenvalue weighted by Crippen LogP contribution is 2.48. The van der Waals surface area contributed by atoms with Crippen LogP contribution in [0.1, 0.15) is 60.6 Å². The molecule has 2 aliphatic rings. The summed E-state index contributed by atoms with van der Waals surface area (Å²) in [5, 5.41) is 9.63. The van der Waals surface area contributed by atoms with E-state index in [1.54, 1.807) is 32.4 Å². The number of carboxylic acid groups (broad SMARTS) is 1. The van der Waals surface area contributed by atoms with E-state index in [0.29, 0.717) is 22.8 Å². The van der Waals surface area contributed by atoms with Crippen molar-refractivity contribution in [3.8, 4) is 22.6 Å². The van der Waals surface area contributed by atoms with Crippen molar-refractivity contribution in [2.45, 2.75) is 51.6 Å². The zero-order valence-electron chi connectivity index (χ0n) is 20.3. The average Bonchev–Trinajstić information content (AvgIpc) is 3.69. The van der Waals surface area contributed by atoms with Gasteiger partial charge in [0.05, 0.1) is 18.7 Å². The normalized spacial score (nSPS) is 18.8. The van der Waals surface area contributed by atoms with E-state index in [9.17, 15) is 14.3 Å². The molecule has 0 amide bonds. The summed E-state index contributed by atoms with van der Waals surface area (Å²) >= 11 is 0. The van der Waals surface area contributed by atoms with Crippen molar-refractivity contribution in [3.05, 3.63) is 76.9 Å².